The van der Waals surface area contributed by atoms with Crippen molar-refractivity contribution >= 4 is 0 Å². The predicted octanol–water partition coefficient (Wildman–Crippen LogP) is 4.89. The minimum Gasteiger partial charge on any atom is -0.463 e. The van der Waals surface area contributed by atoms with Crippen LogP contribution in [0.2, 0.25) is 0 Å². The maximum absolute atomic E-state index is 6.14. The standard InChI is InChI=1S/C23H34N2O/c1-24(2)18-22-17-21-14-10-16-25(19-23(21)26-22)15-9-4-3-6-11-20-12-7-5-8-13-20/h5,7-8,12-13,17H,3-4,6,9-11,14-16,18-19H2,1-2H3. The van der Waals surface area contributed by atoms with E-state index in [1.165, 1.54) is 74.9 Å². The van der Waals surface area contributed by atoms with Gasteiger partial charge in [0.05, 0.1) is 13.1 Å². The van der Waals surface area contributed by atoms with Crippen LogP contribution in [0, 0.1) is 0 Å². The van der Waals surface area contributed by atoms with Crippen LogP contribution in [-0.2, 0) is 25.9 Å². The van der Waals surface area contributed by atoms with Crippen molar-refractivity contribution in [1.82, 2.24) is 9.80 Å². The lowest BCUT2D eigenvalue weighted by Crippen LogP contribution is -2.24. The summed E-state index contributed by atoms with van der Waals surface area (Å²) >= 11 is 0. The minimum atomic E-state index is 0.897. The SMILES string of the molecule is CN(C)Cc1cc2c(o1)CN(CCCCCCc1ccccc1)CCC2. The summed E-state index contributed by atoms with van der Waals surface area (Å²) in [5.41, 5.74) is 2.91. The zero-order chi connectivity index (χ0) is 18.2. The molecule has 3 heteroatoms. The van der Waals surface area contributed by atoms with E-state index >= 15 is 0 Å². The molecule has 0 spiro atoms. The van der Waals surface area contributed by atoms with E-state index in [1.807, 2.05) is 0 Å². The van der Waals surface area contributed by atoms with Gasteiger partial charge >= 0.3 is 0 Å². The molecule has 0 radical (unpaired) electrons. The molecular formula is C23H34N2O. The van der Waals surface area contributed by atoms with E-state index in [4.69, 9.17) is 4.42 Å². The second kappa shape index (κ2) is 9.94. The summed E-state index contributed by atoms with van der Waals surface area (Å²) in [4.78, 5) is 4.76. The Hall–Kier alpha value is -1.58. The Balaban J connectivity index is 1.36. The molecule has 0 fully saturated rings. The van der Waals surface area contributed by atoms with E-state index in [2.05, 4.69) is 60.3 Å². The van der Waals surface area contributed by atoms with Crippen molar-refractivity contribution in [2.75, 3.05) is 27.2 Å². The fourth-order valence-corrected chi connectivity index (χ4v) is 3.89. The van der Waals surface area contributed by atoms with Crippen LogP contribution in [0.1, 0.15) is 54.8 Å². The molecule has 0 N–H and O–H groups in total. The van der Waals surface area contributed by atoms with Gasteiger partial charge in [0, 0.05) is 0 Å². The number of furan rings is 1. The molecule has 3 rings (SSSR count). The van der Waals surface area contributed by atoms with Crippen molar-refractivity contribution in [3.05, 3.63) is 59.0 Å². The second-order valence-corrected chi connectivity index (χ2v) is 7.93. The van der Waals surface area contributed by atoms with Crippen LogP contribution in [-0.4, -0.2) is 37.0 Å². The average molecular weight is 355 g/mol. The Morgan fingerprint density at radius 3 is 2.65 bits per heavy atom. The van der Waals surface area contributed by atoms with Crippen LogP contribution in [0.25, 0.3) is 0 Å². The number of benzene rings is 1. The Morgan fingerprint density at radius 2 is 1.85 bits per heavy atom. The monoisotopic (exact) mass is 354 g/mol. The summed E-state index contributed by atoms with van der Waals surface area (Å²) in [6.45, 7) is 4.30. The third-order valence-electron chi connectivity index (χ3n) is 5.24. The second-order valence-electron chi connectivity index (χ2n) is 7.93. The average Bonchev–Trinajstić information content (AvgIpc) is 2.88. The molecule has 0 saturated carbocycles. The van der Waals surface area contributed by atoms with Gasteiger partial charge in [0.1, 0.15) is 11.5 Å². The third kappa shape index (κ3) is 6.00. The van der Waals surface area contributed by atoms with Gasteiger partial charge in [-0.1, -0.05) is 43.2 Å². The number of hydrogen-bond acceptors (Lipinski definition) is 3. The van der Waals surface area contributed by atoms with Gasteiger partial charge < -0.3 is 9.32 Å². The summed E-state index contributed by atoms with van der Waals surface area (Å²) in [6.07, 6.45) is 8.91. The Kier molecular flexibility index (Phi) is 7.33. The first-order valence-corrected chi connectivity index (χ1v) is 10.2. The largest absolute Gasteiger partial charge is 0.463 e. The van der Waals surface area contributed by atoms with Gasteiger partial charge in [0.15, 0.2) is 0 Å². The maximum Gasteiger partial charge on any atom is 0.121 e. The molecule has 0 aliphatic carbocycles. The molecule has 142 valence electrons. The van der Waals surface area contributed by atoms with E-state index in [1.54, 1.807) is 0 Å². The van der Waals surface area contributed by atoms with E-state index < -0.39 is 0 Å². The van der Waals surface area contributed by atoms with Crippen molar-refractivity contribution in [1.29, 1.82) is 0 Å². The highest BCUT2D eigenvalue weighted by Crippen LogP contribution is 2.23. The van der Waals surface area contributed by atoms with Gasteiger partial charge in [-0.2, -0.15) is 0 Å². The van der Waals surface area contributed by atoms with Crippen LogP contribution < -0.4 is 0 Å². The molecule has 3 nitrogen and oxygen atoms in total. The molecule has 26 heavy (non-hydrogen) atoms. The quantitative estimate of drug-likeness (QED) is 0.598. The minimum absolute atomic E-state index is 0.897. The number of rotatable bonds is 9. The smallest absolute Gasteiger partial charge is 0.121 e. The summed E-state index contributed by atoms with van der Waals surface area (Å²) in [5.74, 6) is 2.33. The van der Waals surface area contributed by atoms with E-state index in [0.29, 0.717) is 0 Å². The number of nitrogens with zero attached hydrogens (tertiary/aromatic N) is 2. The normalized spacial score (nSPS) is 15.2. The van der Waals surface area contributed by atoms with Crippen molar-refractivity contribution < 1.29 is 4.42 Å². The van der Waals surface area contributed by atoms with Gasteiger partial charge in [0.25, 0.3) is 0 Å². The molecule has 1 aliphatic heterocycles. The Bertz CT molecular complexity index is 647. The molecule has 1 aromatic carbocycles. The third-order valence-corrected chi connectivity index (χ3v) is 5.24. The van der Waals surface area contributed by atoms with E-state index in [9.17, 15) is 0 Å². The lowest BCUT2D eigenvalue weighted by molar-refractivity contribution is 0.237. The van der Waals surface area contributed by atoms with Gasteiger partial charge in [-0.15, -0.1) is 0 Å². The molecular weight excluding hydrogens is 320 g/mol. The molecule has 0 saturated heterocycles. The van der Waals surface area contributed by atoms with Crippen LogP contribution in [0.5, 0.6) is 0 Å². The predicted molar refractivity (Wildman–Crippen MR) is 108 cm³/mol. The number of fused-ring (bicyclic) bond motifs is 1. The number of hydrogen-bond donors (Lipinski definition) is 0. The maximum atomic E-state index is 6.14. The highest BCUT2D eigenvalue weighted by molar-refractivity contribution is 5.23. The van der Waals surface area contributed by atoms with Crippen LogP contribution >= 0.6 is 0 Å². The molecule has 0 bridgehead atoms. The molecule has 0 atom stereocenters. The van der Waals surface area contributed by atoms with Gasteiger partial charge in [-0.25, -0.2) is 0 Å². The lowest BCUT2D eigenvalue weighted by Gasteiger charge is -2.19. The van der Waals surface area contributed by atoms with Gasteiger partial charge in [-0.05, 0) is 76.5 Å². The topological polar surface area (TPSA) is 19.6 Å². The zero-order valence-corrected chi connectivity index (χ0v) is 16.5. The zero-order valence-electron chi connectivity index (χ0n) is 16.5. The Labute approximate surface area is 159 Å². The molecule has 0 unspecified atom stereocenters. The van der Waals surface area contributed by atoms with Crippen molar-refractivity contribution in [3.8, 4) is 0 Å². The molecule has 1 aliphatic rings. The molecule has 2 aromatic rings. The first kappa shape index (κ1) is 19.2. The first-order chi connectivity index (χ1) is 12.7. The van der Waals surface area contributed by atoms with Crippen LogP contribution in [0.15, 0.2) is 40.8 Å². The van der Waals surface area contributed by atoms with Gasteiger partial charge in [-0.3, -0.25) is 4.90 Å². The fourth-order valence-electron chi connectivity index (χ4n) is 3.89. The number of unbranched alkanes of at least 4 members (excludes halogenated alkanes) is 3. The highest BCUT2D eigenvalue weighted by Gasteiger charge is 2.18. The summed E-state index contributed by atoms with van der Waals surface area (Å²) < 4.78 is 6.14. The Morgan fingerprint density at radius 1 is 1.04 bits per heavy atom. The van der Waals surface area contributed by atoms with Crippen LogP contribution in [0.3, 0.4) is 0 Å². The van der Waals surface area contributed by atoms with Gasteiger partial charge in [0.2, 0.25) is 0 Å². The van der Waals surface area contributed by atoms with E-state index in [-0.39, 0.29) is 0 Å². The van der Waals surface area contributed by atoms with Crippen LogP contribution in [0.4, 0.5) is 0 Å². The molecule has 2 heterocycles. The fraction of sp³-hybridized carbons (Fsp3) is 0.565. The van der Waals surface area contributed by atoms with E-state index in [0.717, 1.165) is 18.8 Å². The van der Waals surface area contributed by atoms with Crippen molar-refractivity contribution in [2.24, 2.45) is 0 Å². The lowest BCUT2D eigenvalue weighted by atomic mass is 10.1. The molecule has 1 aromatic heterocycles. The first-order valence-electron chi connectivity index (χ1n) is 10.2. The summed E-state index contributed by atoms with van der Waals surface area (Å²) in [5, 5.41) is 0. The highest BCUT2D eigenvalue weighted by atomic mass is 16.3. The summed E-state index contributed by atoms with van der Waals surface area (Å²) in [7, 11) is 4.19. The van der Waals surface area contributed by atoms with Crippen molar-refractivity contribution in [2.45, 2.75) is 58.0 Å². The number of aryl methyl sites for hydroxylation is 2. The van der Waals surface area contributed by atoms with Crippen molar-refractivity contribution in [3.63, 3.8) is 0 Å². The molecule has 0 amide bonds. The summed E-state index contributed by atoms with van der Waals surface area (Å²) in [6, 6.07) is 13.1.